The van der Waals surface area contributed by atoms with E-state index < -0.39 is 29.4 Å². The van der Waals surface area contributed by atoms with Crippen molar-refractivity contribution in [1.29, 1.82) is 0 Å². The van der Waals surface area contributed by atoms with Crippen LogP contribution < -0.4 is 10.6 Å². The highest BCUT2D eigenvalue weighted by Gasteiger charge is 2.40. The number of aliphatic hydroxyl groups is 1. The Labute approximate surface area is 225 Å². The number of nitrogens with zero attached hydrogens (tertiary/aromatic N) is 1. The molecule has 1 heterocycles. The molecule has 0 unspecified atom stereocenters. The molecule has 1 fully saturated rings. The lowest BCUT2D eigenvalue weighted by atomic mass is 9.81. The minimum atomic E-state index is -1.26. The van der Waals surface area contributed by atoms with E-state index in [1.165, 1.54) is 0 Å². The van der Waals surface area contributed by atoms with Gasteiger partial charge in [-0.2, -0.15) is 0 Å². The third-order valence-corrected chi connectivity index (χ3v) is 6.47. The standard InChI is InChI=1S/C25H35BrClN3O6/c1-16(2)20(29-22(32)28-15-24(4,5)36-23(33)35-13-11-26)21(31)30-12-10-25(34,17(3)14-30)18-6-8-19(27)9-7-18/h6-9,16,20,34H,3,10-15H2,1-2,4-5H3,(H2,28,29,32)/t20-,25-/m1/s1. The van der Waals surface area contributed by atoms with Crippen LogP contribution in [0.3, 0.4) is 0 Å². The van der Waals surface area contributed by atoms with E-state index in [0.717, 1.165) is 0 Å². The maximum atomic E-state index is 13.3. The summed E-state index contributed by atoms with van der Waals surface area (Å²) in [5.41, 5.74) is -1.12. The molecule has 200 valence electrons. The first-order chi connectivity index (χ1) is 16.8. The lowest BCUT2D eigenvalue weighted by Crippen LogP contribution is -2.57. The average molecular weight is 589 g/mol. The van der Waals surface area contributed by atoms with E-state index in [4.69, 9.17) is 21.1 Å². The molecule has 0 spiro atoms. The maximum Gasteiger partial charge on any atom is 0.508 e. The van der Waals surface area contributed by atoms with Crippen LogP contribution in [0.4, 0.5) is 9.59 Å². The highest BCUT2D eigenvalue weighted by molar-refractivity contribution is 9.09. The summed E-state index contributed by atoms with van der Waals surface area (Å²) in [6.07, 6.45) is -0.562. The number of hydrogen-bond donors (Lipinski definition) is 3. The molecule has 0 saturated carbocycles. The van der Waals surface area contributed by atoms with Gasteiger partial charge in [0.25, 0.3) is 0 Å². The minimum absolute atomic E-state index is 0.00982. The molecule has 2 atom stereocenters. The van der Waals surface area contributed by atoms with E-state index in [9.17, 15) is 19.5 Å². The maximum absolute atomic E-state index is 13.3. The smallest absolute Gasteiger partial charge is 0.433 e. The Morgan fingerprint density at radius 3 is 2.47 bits per heavy atom. The number of nitrogens with one attached hydrogen (secondary N) is 2. The van der Waals surface area contributed by atoms with Crippen LogP contribution in [0, 0.1) is 5.92 Å². The molecule has 3 N–H and O–H groups in total. The largest absolute Gasteiger partial charge is 0.508 e. The summed E-state index contributed by atoms with van der Waals surface area (Å²) in [4.78, 5) is 39.2. The van der Waals surface area contributed by atoms with Crippen LogP contribution in [0.2, 0.25) is 5.02 Å². The number of amides is 3. The highest BCUT2D eigenvalue weighted by atomic mass is 79.9. The molecule has 0 aliphatic carbocycles. The van der Waals surface area contributed by atoms with Gasteiger partial charge in [0.2, 0.25) is 5.91 Å². The Kier molecular flexibility index (Phi) is 10.6. The first kappa shape index (κ1) is 29.9. The Hall–Kier alpha value is -2.30. The van der Waals surface area contributed by atoms with Crippen molar-refractivity contribution in [3.05, 3.63) is 47.0 Å². The molecule has 0 bridgehead atoms. The van der Waals surface area contributed by atoms with Crippen molar-refractivity contribution in [2.45, 2.75) is 51.4 Å². The normalized spacial score (nSPS) is 19.0. The average Bonchev–Trinajstić information content (AvgIpc) is 2.81. The summed E-state index contributed by atoms with van der Waals surface area (Å²) in [6.45, 7) is 11.6. The Morgan fingerprint density at radius 1 is 1.28 bits per heavy atom. The van der Waals surface area contributed by atoms with Crippen molar-refractivity contribution in [1.82, 2.24) is 15.5 Å². The molecule has 11 heteroatoms. The fraction of sp³-hybridized carbons (Fsp3) is 0.560. The Balaban J connectivity index is 1.96. The van der Waals surface area contributed by atoms with Gasteiger partial charge < -0.3 is 30.1 Å². The molecule has 1 aliphatic heterocycles. The summed E-state index contributed by atoms with van der Waals surface area (Å²) < 4.78 is 10.1. The van der Waals surface area contributed by atoms with Gasteiger partial charge >= 0.3 is 12.2 Å². The molecule has 3 amide bonds. The summed E-state index contributed by atoms with van der Waals surface area (Å²) in [6, 6.07) is 5.54. The zero-order valence-electron chi connectivity index (χ0n) is 21.1. The number of likely N-dealkylation sites (tertiary alicyclic amines) is 1. The van der Waals surface area contributed by atoms with Gasteiger partial charge in [-0.15, -0.1) is 0 Å². The van der Waals surface area contributed by atoms with E-state index in [-0.39, 0.29) is 37.9 Å². The van der Waals surface area contributed by atoms with Crippen molar-refractivity contribution in [3.63, 3.8) is 0 Å². The first-order valence-corrected chi connectivity index (χ1v) is 13.2. The van der Waals surface area contributed by atoms with Crippen molar-refractivity contribution in [2.24, 2.45) is 5.92 Å². The summed E-state index contributed by atoms with van der Waals surface area (Å²) in [5.74, 6) is -0.467. The third-order valence-electron chi connectivity index (χ3n) is 5.89. The molecule has 1 saturated heterocycles. The van der Waals surface area contributed by atoms with Gasteiger partial charge in [-0.25, -0.2) is 9.59 Å². The number of ether oxygens (including phenoxy) is 2. The Morgan fingerprint density at radius 2 is 1.92 bits per heavy atom. The van der Waals surface area contributed by atoms with E-state index in [1.807, 2.05) is 13.8 Å². The molecular formula is C25H35BrClN3O6. The summed E-state index contributed by atoms with van der Waals surface area (Å²) in [7, 11) is 0. The minimum Gasteiger partial charge on any atom is -0.433 e. The molecule has 9 nitrogen and oxygen atoms in total. The number of carbonyl (C=O) groups excluding carboxylic acids is 3. The molecule has 0 aromatic heterocycles. The lowest BCUT2D eigenvalue weighted by Gasteiger charge is -2.42. The second-order valence-electron chi connectivity index (χ2n) is 9.68. The molecule has 1 aliphatic rings. The molecule has 0 radical (unpaired) electrons. The van der Waals surface area contributed by atoms with Crippen LogP contribution in [0.1, 0.15) is 39.7 Å². The zero-order valence-corrected chi connectivity index (χ0v) is 23.4. The van der Waals surface area contributed by atoms with E-state index in [2.05, 4.69) is 33.1 Å². The first-order valence-electron chi connectivity index (χ1n) is 11.7. The summed E-state index contributed by atoms with van der Waals surface area (Å²) in [5, 5.41) is 17.7. The monoisotopic (exact) mass is 587 g/mol. The molecule has 1 aromatic rings. The topological polar surface area (TPSA) is 117 Å². The third kappa shape index (κ3) is 8.11. The number of rotatable bonds is 9. The van der Waals surface area contributed by atoms with E-state index in [0.29, 0.717) is 28.0 Å². The molecule has 2 rings (SSSR count). The van der Waals surface area contributed by atoms with Crippen molar-refractivity contribution in [2.75, 3.05) is 31.6 Å². The number of piperidine rings is 1. The zero-order chi connectivity index (χ0) is 27.1. The van der Waals surface area contributed by atoms with E-state index >= 15 is 0 Å². The molecule has 1 aromatic carbocycles. The lowest BCUT2D eigenvalue weighted by molar-refractivity contribution is -0.136. The number of halogens is 2. The van der Waals surface area contributed by atoms with Crippen LogP contribution in [0.25, 0.3) is 0 Å². The Bertz CT molecular complexity index is 956. The van der Waals surface area contributed by atoms with Gasteiger partial charge in [0.05, 0.1) is 6.54 Å². The van der Waals surface area contributed by atoms with Gasteiger partial charge in [0, 0.05) is 29.9 Å². The second-order valence-corrected chi connectivity index (χ2v) is 10.9. The van der Waals surface area contributed by atoms with Crippen LogP contribution in [0.15, 0.2) is 36.4 Å². The predicted octanol–water partition coefficient (Wildman–Crippen LogP) is 3.97. The summed E-state index contributed by atoms with van der Waals surface area (Å²) >= 11 is 9.12. The van der Waals surface area contributed by atoms with Crippen molar-refractivity contribution >= 4 is 45.6 Å². The van der Waals surface area contributed by atoms with Crippen LogP contribution in [-0.2, 0) is 19.9 Å². The van der Waals surface area contributed by atoms with Gasteiger partial charge in [-0.1, -0.05) is 60.1 Å². The van der Waals surface area contributed by atoms with E-state index in [1.54, 1.807) is 43.0 Å². The van der Waals surface area contributed by atoms with Crippen LogP contribution in [0.5, 0.6) is 0 Å². The number of hydrogen-bond acceptors (Lipinski definition) is 6. The number of alkyl halides is 1. The van der Waals surface area contributed by atoms with Crippen LogP contribution in [-0.4, -0.2) is 71.3 Å². The fourth-order valence-corrected chi connectivity index (χ4v) is 4.07. The number of carbonyl (C=O) groups is 3. The number of urea groups is 1. The van der Waals surface area contributed by atoms with Gasteiger partial charge in [0.15, 0.2) is 0 Å². The molecular weight excluding hydrogens is 554 g/mol. The number of benzene rings is 1. The predicted molar refractivity (Wildman–Crippen MR) is 141 cm³/mol. The SMILES string of the molecule is C=C1CN(C(=O)[C@H](NC(=O)NCC(C)(C)OC(=O)OCCBr)C(C)C)CC[C@]1(O)c1ccc(Cl)cc1. The van der Waals surface area contributed by atoms with Gasteiger partial charge in [-0.05, 0) is 43.0 Å². The quantitative estimate of drug-likeness (QED) is 0.228. The fourth-order valence-electron chi connectivity index (χ4n) is 3.78. The van der Waals surface area contributed by atoms with Gasteiger partial charge in [0.1, 0.15) is 23.9 Å². The van der Waals surface area contributed by atoms with Crippen LogP contribution >= 0.6 is 27.5 Å². The highest BCUT2D eigenvalue weighted by Crippen LogP contribution is 2.37. The van der Waals surface area contributed by atoms with Gasteiger partial charge in [-0.3, -0.25) is 4.79 Å². The van der Waals surface area contributed by atoms with Crippen molar-refractivity contribution < 1.29 is 29.0 Å². The van der Waals surface area contributed by atoms with Crippen molar-refractivity contribution in [3.8, 4) is 0 Å². The molecule has 36 heavy (non-hydrogen) atoms. The second kappa shape index (κ2) is 12.8.